The first-order valence-corrected chi connectivity index (χ1v) is 5.56. The molecule has 0 spiro atoms. The van der Waals surface area contributed by atoms with E-state index in [4.69, 9.17) is 4.74 Å². The summed E-state index contributed by atoms with van der Waals surface area (Å²) in [6.45, 7) is 9.15. The van der Waals surface area contributed by atoms with Crippen molar-refractivity contribution in [2.45, 2.75) is 39.7 Å². The van der Waals surface area contributed by atoms with E-state index >= 15 is 0 Å². The lowest BCUT2D eigenvalue weighted by Crippen LogP contribution is -2.34. The highest BCUT2D eigenvalue weighted by Gasteiger charge is 2.25. The molecule has 82 valence electrons. The van der Waals surface area contributed by atoms with E-state index in [0.717, 1.165) is 25.8 Å². The fourth-order valence-corrected chi connectivity index (χ4v) is 1.26. The Balaban J connectivity index is 2.05. The quantitative estimate of drug-likeness (QED) is 0.500. The Morgan fingerprint density at radius 1 is 1.43 bits per heavy atom. The number of rotatable bonds is 7. The maximum atomic E-state index is 5.56. The Labute approximate surface area is 87.7 Å². The van der Waals surface area contributed by atoms with Crippen LogP contribution in [0.15, 0.2) is 12.2 Å². The van der Waals surface area contributed by atoms with Gasteiger partial charge in [0.15, 0.2) is 0 Å². The molecule has 0 bridgehead atoms. The van der Waals surface area contributed by atoms with Gasteiger partial charge < -0.3 is 10.1 Å². The van der Waals surface area contributed by atoms with Crippen LogP contribution in [-0.4, -0.2) is 25.8 Å². The van der Waals surface area contributed by atoms with E-state index in [1.807, 2.05) is 19.1 Å². The molecule has 1 fully saturated rings. The molecule has 0 radical (unpaired) electrons. The largest absolute Gasteiger partial charge is 0.377 e. The zero-order valence-corrected chi connectivity index (χ0v) is 9.68. The van der Waals surface area contributed by atoms with Crippen molar-refractivity contribution in [2.75, 3.05) is 19.8 Å². The molecule has 0 unspecified atom stereocenters. The van der Waals surface area contributed by atoms with Crippen LogP contribution in [0.2, 0.25) is 0 Å². The molecule has 0 heterocycles. The molecule has 1 N–H and O–H groups in total. The lowest BCUT2D eigenvalue weighted by atomic mass is 9.95. The Morgan fingerprint density at radius 3 is 2.71 bits per heavy atom. The summed E-state index contributed by atoms with van der Waals surface area (Å²) in [6, 6.07) is 0.796. The average Bonchev–Trinajstić information content (AvgIpc) is 2.93. The van der Waals surface area contributed by atoms with E-state index < -0.39 is 0 Å². The third-order valence-electron chi connectivity index (χ3n) is 2.39. The summed E-state index contributed by atoms with van der Waals surface area (Å²) in [7, 11) is 0. The van der Waals surface area contributed by atoms with Gasteiger partial charge in [0.05, 0.1) is 13.2 Å². The lowest BCUT2D eigenvalue weighted by molar-refractivity contribution is 0.0800. The van der Waals surface area contributed by atoms with E-state index in [2.05, 4.69) is 19.2 Å². The number of allylic oxidation sites excluding steroid dienone is 1. The van der Waals surface area contributed by atoms with Crippen LogP contribution < -0.4 is 5.32 Å². The molecular weight excluding hydrogens is 174 g/mol. The smallest absolute Gasteiger partial charge is 0.0647 e. The minimum Gasteiger partial charge on any atom is -0.377 e. The van der Waals surface area contributed by atoms with Gasteiger partial charge in [-0.25, -0.2) is 0 Å². The summed E-state index contributed by atoms with van der Waals surface area (Å²) in [5.74, 6) is 0. The molecule has 1 saturated carbocycles. The molecule has 1 rings (SSSR count). The number of hydrogen-bond acceptors (Lipinski definition) is 2. The van der Waals surface area contributed by atoms with Crippen LogP contribution in [0.3, 0.4) is 0 Å². The maximum absolute atomic E-state index is 5.56. The van der Waals surface area contributed by atoms with Crippen molar-refractivity contribution in [3.8, 4) is 0 Å². The van der Waals surface area contributed by atoms with Gasteiger partial charge in [-0.3, -0.25) is 0 Å². The lowest BCUT2D eigenvalue weighted by Gasteiger charge is -2.24. The zero-order chi connectivity index (χ0) is 10.4. The molecule has 2 heteroatoms. The van der Waals surface area contributed by atoms with E-state index in [0.29, 0.717) is 0 Å². The van der Waals surface area contributed by atoms with E-state index in [1.54, 1.807) is 0 Å². The second-order valence-electron chi connectivity index (χ2n) is 4.90. The fourth-order valence-electron chi connectivity index (χ4n) is 1.26. The molecule has 0 aromatic carbocycles. The number of hydrogen-bond donors (Lipinski definition) is 1. The molecule has 0 aromatic heterocycles. The van der Waals surface area contributed by atoms with Crippen LogP contribution in [0.25, 0.3) is 0 Å². The predicted octanol–water partition coefficient (Wildman–Crippen LogP) is 2.36. The van der Waals surface area contributed by atoms with Gasteiger partial charge in [-0.05, 0) is 19.8 Å². The summed E-state index contributed by atoms with van der Waals surface area (Å²) in [4.78, 5) is 0. The summed E-state index contributed by atoms with van der Waals surface area (Å²) >= 11 is 0. The maximum Gasteiger partial charge on any atom is 0.0647 e. The Bertz CT molecular complexity index is 183. The molecule has 14 heavy (non-hydrogen) atoms. The van der Waals surface area contributed by atoms with Gasteiger partial charge in [0.1, 0.15) is 0 Å². The third kappa shape index (κ3) is 5.40. The van der Waals surface area contributed by atoms with Gasteiger partial charge in [0.25, 0.3) is 0 Å². The zero-order valence-electron chi connectivity index (χ0n) is 9.68. The van der Waals surface area contributed by atoms with Crippen LogP contribution in [0.1, 0.15) is 33.6 Å². The second kappa shape index (κ2) is 5.52. The first kappa shape index (κ1) is 11.7. The normalized spacial score (nSPS) is 17.9. The first-order chi connectivity index (χ1) is 6.64. The van der Waals surface area contributed by atoms with Gasteiger partial charge in [0, 0.05) is 18.0 Å². The Morgan fingerprint density at radius 2 is 2.14 bits per heavy atom. The Kier molecular flexibility index (Phi) is 4.63. The number of nitrogens with one attached hydrogen (secondary N) is 1. The predicted molar refractivity (Wildman–Crippen MR) is 60.4 cm³/mol. The van der Waals surface area contributed by atoms with Crippen molar-refractivity contribution in [3.05, 3.63) is 12.2 Å². The van der Waals surface area contributed by atoms with Crippen LogP contribution >= 0.6 is 0 Å². The van der Waals surface area contributed by atoms with Gasteiger partial charge >= 0.3 is 0 Å². The molecule has 0 aromatic rings. The highest BCUT2D eigenvalue weighted by molar-refractivity contribution is 4.84. The molecule has 1 aliphatic rings. The highest BCUT2D eigenvalue weighted by atomic mass is 16.5. The third-order valence-corrected chi connectivity index (χ3v) is 2.39. The summed E-state index contributed by atoms with van der Waals surface area (Å²) in [6.07, 6.45) is 6.78. The molecule has 0 atom stereocenters. The van der Waals surface area contributed by atoms with Crippen molar-refractivity contribution < 1.29 is 4.74 Å². The molecule has 0 saturated heterocycles. The molecular formula is C12H23NO. The first-order valence-electron chi connectivity index (χ1n) is 5.56. The van der Waals surface area contributed by atoms with Crippen molar-refractivity contribution >= 4 is 0 Å². The highest BCUT2D eigenvalue weighted by Crippen LogP contribution is 2.21. The van der Waals surface area contributed by atoms with E-state index in [9.17, 15) is 0 Å². The summed E-state index contributed by atoms with van der Waals surface area (Å²) in [5, 5.41) is 3.54. The minimum absolute atomic E-state index is 0.254. The molecule has 1 aliphatic carbocycles. The van der Waals surface area contributed by atoms with Crippen molar-refractivity contribution in [2.24, 2.45) is 5.41 Å². The molecule has 0 aliphatic heterocycles. The van der Waals surface area contributed by atoms with Crippen LogP contribution in [0.4, 0.5) is 0 Å². The molecule has 2 nitrogen and oxygen atoms in total. The second-order valence-corrected chi connectivity index (χ2v) is 4.90. The van der Waals surface area contributed by atoms with Crippen LogP contribution in [0, 0.1) is 5.41 Å². The summed E-state index contributed by atoms with van der Waals surface area (Å²) < 4.78 is 5.56. The average molecular weight is 197 g/mol. The van der Waals surface area contributed by atoms with E-state index in [1.165, 1.54) is 12.8 Å². The van der Waals surface area contributed by atoms with Crippen molar-refractivity contribution in [1.82, 2.24) is 5.32 Å². The van der Waals surface area contributed by atoms with Crippen LogP contribution in [-0.2, 0) is 4.74 Å². The SMILES string of the molecule is CC=CCOCC(C)(C)CNC1CC1. The van der Waals surface area contributed by atoms with Crippen molar-refractivity contribution in [3.63, 3.8) is 0 Å². The number of ether oxygens (including phenoxy) is 1. The topological polar surface area (TPSA) is 21.3 Å². The minimum atomic E-state index is 0.254. The van der Waals surface area contributed by atoms with Gasteiger partial charge in [-0.15, -0.1) is 0 Å². The van der Waals surface area contributed by atoms with Gasteiger partial charge in [-0.1, -0.05) is 26.0 Å². The Hall–Kier alpha value is -0.340. The summed E-state index contributed by atoms with van der Waals surface area (Å²) in [5.41, 5.74) is 0.254. The van der Waals surface area contributed by atoms with E-state index in [-0.39, 0.29) is 5.41 Å². The van der Waals surface area contributed by atoms with Crippen molar-refractivity contribution in [1.29, 1.82) is 0 Å². The van der Waals surface area contributed by atoms with Gasteiger partial charge in [0.2, 0.25) is 0 Å². The molecule has 0 amide bonds. The van der Waals surface area contributed by atoms with Crippen LogP contribution in [0.5, 0.6) is 0 Å². The van der Waals surface area contributed by atoms with Gasteiger partial charge in [-0.2, -0.15) is 0 Å². The standard InChI is InChI=1S/C12H23NO/c1-4-5-8-14-10-12(2,3)9-13-11-6-7-11/h4-5,11,13H,6-10H2,1-3H3. The fraction of sp³-hybridized carbons (Fsp3) is 0.833. The monoisotopic (exact) mass is 197 g/mol.